The van der Waals surface area contributed by atoms with Gasteiger partial charge in [0.25, 0.3) is 10.0 Å². The molecule has 0 bridgehead atoms. The summed E-state index contributed by atoms with van der Waals surface area (Å²) >= 11 is 0. The fourth-order valence-electron chi connectivity index (χ4n) is 1.94. The number of sulfonamides is 1. The lowest BCUT2D eigenvalue weighted by molar-refractivity contribution is 0.513. The molecule has 0 radical (unpaired) electrons. The van der Waals surface area contributed by atoms with Crippen molar-refractivity contribution in [2.24, 2.45) is 5.73 Å². The first-order valence-electron chi connectivity index (χ1n) is 7.15. The lowest BCUT2D eigenvalue weighted by Crippen LogP contribution is -2.23. The van der Waals surface area contributed by atoms with Gasteiger partial charge in [0.1, 0.15) is 0 Å². The molecule has 0 saturated carbocycles. The Balaban J connectivity index is 2.31. The van der Waals surface area contributed by atoms with Gasteiger partial charge < -0.3 is 10.7 Å². The van der Waals surface area contributed by atoms with Crippen LogP contribution in [0.2, 0.25) is 0 Å². The van der Waals surface area contributed by atoms with E-state index in [0.29, 0.717) is 0 Å². The molecule has 0 aliphatic rings. The fourth-order valence-corrected chi connectivity index (χ4v) is 2.73. The molecule has 6 nitrogen and oxygen atoms in total. The fraction of sp³-hybridized carbons (Fsp3) is 0.769. The first-order valence-corrected chi connectivity index (χ1v) is 8.59. The van der Waals surface area contributed by atoms with Gasteiger partial charge in [-0.25, -0.2) is 17.7 Å². The monoisotopic (exact) mass is 302 g/mol. The van der Waals surface area contributed by atoms with Crippen molar-refractivity contribution in [1.82, 2.24) is 14.3 Å². The molecule has 1 aromatic rings. The van der Waals surface area contributed by atoms with E-state index in [1.54, 1.807) is 6.20 Å². The van der Waals surface area contributed by atoms with E-state index in [9.17, 15) is 8.42 Å². The van der Waals surface area contributed by atoms with Crippen LogP contribution in [0.5, 0.6) is 0 Å². The molecule has 1 aromatic heterocycles. The van der Waals surface area contributed by atoms with Gasteiger partial charge in [-0.1, -0.05) is 25.7 Å². The van der Waals surface area contributed by atoms with E-state index in [-0.39, 0.29) is 5.16 Å². The molecule has 0 aromatic carbocycles. The minimum Gasteiger partial charge on any atom is -0.332 e. The highest BCUT2D eigenvalue weighted by atomic mass is 32.2. The van der Waals surface area contributed by atoms with Crippen LogP contribution in [0.3, 0.4) is 0 Å². The average Bonchev–Trinajstić information content (AvgIpc) is 2.87. The maximum Gasteiger partial charge on any atom is 0.276 e. The Bertz CT molecular complexity index is 482. The zero-order valence-corrected chi connectivity index (χ0v) is 13.2. The summed E-state index contributed by atoms with van der Waals surface area (Å²) in [5.41, 5.74) is 6.32. The number of nitrogens with two attached hydrogens (primary N) is 1. The standard InChI is InChI=1S/C13H26N4O2S/c1-17(2)20(18,19)13-15-11-12(16-13)9-7-5-3-4-6-8-10-14/h11H,3-10,14H2,1-2H3,(H,15,16). The Morgan fingerprint density at radius 1 is 1.15 bits per heavy atom. The molecule has 0 unspecified atom stereocenters. The van der Waals surface area contributed by atoms with Crippen molar-refractivity contribution in [3.05, 3.63) is 11.9 Å². The molecule has 0 amide bonds. The summed E-state index contributed by atoms with van der Waals surface area (Å²) in [4.78, 5) is 6.84. The third-order valence-corrected chi connectivity index (χ3v) is 4.89. The van der Waals surface area contributed by atoms with Gasteiger partial charge in [0.05, 0.1) is 0 Å². The molecular formula is C13H26N4O2S. The smallest absolute Gasteiger partial charge is 0.276 e. The lowest BCUT2D eigenvalue weighted by atomic mass is 10.1. The Kier molecular flexibility index (Phi) is 7.18. The number of rotatable bonds is 10. The second-order valence-corrected chi connectivity index (χ2v) is 7.23. The average molecular weight is 302 g/mol. The highest BCUT2D eigenvalue weighted by molar-refractivity contribution is 7.88. The predicted octanol–water partition coefficient (Wildman–Crippen LogP) is 1.50. The van der Waals surface area contributed by atoms with Gasteiger partial charge in [0.2, 0.25) is 5.16 Å². The summed E-state index contributed by atoms with van der Waals surface area (Å²) in [6.45, 7) is 0.775. The van der Waals surface area contributed by atoms with E-state index in [0.717, 1.165) is 42.2 Å². The second kappa shape index (κ2) is 8.39. The number of nitrogens with zero attached hydrogens (tertiary/aromatic N) is 2. The molecule has 0 saturated heterocycles. The van der Waals surface area contributed by atoms with Crippen LogP contribution in [0.4, 0.5) is 0 Å². The van der Waals surface area contributed by atoms with Crippen LogP contribution in [0.1, 0.15) is 44.2 Å². The van der Waals surface area contributed by atoms with Gasteiger partial charge in [0, 0.05) is 26.0 Å². The summed E-state index contributed by atoms with van der Waals surface area (Å²) in [5.74, 6) is 0. The molecule has 0 aliphatic heterocycles. The highest BCUT2D eigenvalue weighted by Crippen LogP contribution is 2.12. The largest absolute Gasteiger partial charge is 0.332 e. The topological polar surface area (TPSA) is 92.1 Å². The van der Waals surface area contributed by atoms with Crippen molar-refractivity contribution < 1.29 is 8.42 Å². The van der Waals surface area contributed by atoms with E-state index in [1.807, 2.05) is 0 Å². The van der Waals surface area contributed by atoms with Gasteiger partial charge in [-0.2, -0.15) is 0 Å². The van der Waals surface area contributed by atoms with E-state index in [1.165, 1.54) is 33.4 Å². The Labute approximate surface area is 121 Å². The molecule has 0 fully saturated rings. The van der Waals surface area contributed by atoms with Gasteiger partial charge in [-0.3, -0.25) is 0 Å². The number of H-pyrrole nitrogens is 1. The molecule has 0 spiro atoms. The number of hydrogen-bond donors (Lipinski definition) is 2. The Hall–Kier alpha value is -0.920. The SMILES string of the molecule is CN(C)S(=O)(=O)c1ncc(CCCCCCCCN)[nH]1. The molecule has 7 heteroatoms. The normalized spacial score (nSPS) is 12.2. The van der Waals surface area contributed by atoms with Gasteiger partial charge in [-0.15, -0.1) is 0 Å². The summed E-state index contributed by atoms with van der Waals surface area (Å²) in [6.07, 6.45) is 9.39. The van der Waals surface area contributed by atoms with E-state index in [4.69, 9.17) is 5.73 Å². The van der Waals surface area contributed by atoms with Crippen molar-refractivity contribution in [3.63, 3.8) is 0 Å². The van der Waals surface area contributed by atoms with Crippen molar-refractivity contribution in [3.8, 4) is 0 Å². The first-order chi connectivity index (χ1) is 9.48. The minimum absolute atomic E-state index is 0.0282. The van der Waals surface area contributed by atoms with Crippen LogP contribution in [-0.4, -0.2) is 43.3 Å². The number of hydrogen-bond acceptors (Lipinski definition) is 4. The number of aromatic nitrogens is 2. The van der Waals surface area contributed by atoms with Crippen LogP contribution in [0.25, 0.3) is 0 Å². The van der Waals surface area contributed by atoms with E-state index in [2.05, 4.69) is 9.97 Å². The lowest BCUT2D eigenvalue weighted by Gasteiger charge is -2.07. The summed E-state index contributed by atoms with van der Waals surface area (Å²) in [5, 5.41) is 0.0282. The number of aromatic amines is 1. The molecule has 1 rings (SSSR count). The van der Waals surface area contributed by atoms with Crippen LogP contribution in [0.15, 0.2) is 11.4 Å². The van der Waals surface area contributed by atoms with Crippen LogP contribution in [-0.2, 0) is 16.4 Å². The molecule has 20 heavy (non-hydrogen) atoms. The maximum atomic E-state index is 11.8. The third kappa shape index (κ3) is 5.22. The highest BCUT2D eigenvalue weighted by Gasteiger charge is 2.20. The van der Waals surface area contributed by atoms with E-state index < -0.39 is 10.0 Å². The summed E-state index contributed by atoms with van der Waals surface area (Å²) in [6, 6.07) is 0. The van der Waals surface area contributed by atoms with E-state index >= 15 is 0 Å². The number of unbranched alkanes of at least 4 members (excludes halogenated alkanes) is 5. The van der Waals surface area contributed by atoms with Crippen LogP contribution < -0.4 is 5.73 Å². The third-order valence-electron chi connectivity index (χ3n) is 3.23. The second-order valence-electron chi connectivity index (χ2n) is 5.16. The zero-order valence-electron chi connectivity index (χ0n) is 12.4. The molecular weight excluding hydrogens is 276 g/mol. The predicted molar refractivity (Wildman–Crippen MR) is 79.9 cm³/mol. The molecule has 0 atom stereocenters. The number of imidazole rings is 1. The van der Waals surface area contributed by atoms with Crippen molar-refractivity contribution in [2.45, 2.75) is 50.1 Å². The molecule has 3 N–H and O–H groups in total. The first kappa shape index (κ1) is 17.1. The van der Waals surface area contributed by atoms with Gasteiger partial charge in [0.15, 0.2) is 0 Å². The van der Waals surface area contributed by atoms with Crippen molar-refractivity contribution in [2.75, 3.05) is 20.6 Å². The maximum absolute atomic E-state index is 11.8. The number of aryl methyl sites for hydroxylation is 1. The van der Waals surface area contributed by atoms with Crippen molar-refractivity contribution >= 4 is 10.0 Å². The summed E-state index contributed by atoms with van der Waals surface area (Å²) in [7, 11) is -0.449. The Morgan fingerprint density at radius 2 is 1.75 bits per heavy atom. The molecule has 0 aliphatic carbocycles. The minimum atomic E-state index is -3.45. The zero-order chi connectivity index (χ0) is 15.0. The van der Waals surface area contributed by atoms with Gasteiger partial charge >= 0.3 is 0 Å². The van der Waals surface area contributed by atoms with Gasteiger partial charge in [-0.05, 0) is 25.8 Å². The Morgan fingerprint density at radius 3 is 2.35 bits per heavy atom. The summed E-state index contributed by atoms with van der Waals surface area (Å²) < 4.78 is 24.8. The van der Waals surface area contributed by atoms with Crippen molar-refractivity contribution in [1.29, 1.82) is 0 Å². The van der Waals surface area contributed by atoms with Crippen LogP contribution in [0, 0.1) is 0 Å². The quantitative estimate of drug-likeness (QED) is 0.641. The molecule has 1 heterocycles. The van der Waals surface area contributed by atoms with Crippen LogP contribution >= 0.6 is 0 Å². The number of nitrogens with one attached hydrogen (secondary N) is 1. The molecule has 116 valence electrons.